The Balaban J connectivity index is 2.26. The highest BCUT2D eigenvalue weighted by molar-refractivity contribution is 14.1. The van der Waals surface area contributed by atoms with Crippen LogP contribution in [0.1, 0.15) is 24.5 Å². The monoisotopic (exact) mass is 469 g/mol. The van der Waals surface area contributed by atoms with E-state index in [2.05, 4.69) is 4.72 Å². The van der Waals surface area contributed by atoms with Gasteiger partial charge in [-0.15, -0.1) is 0 Å². The minimum absolute atomic E-state index is 0.0676. The van der Waals surface area contributed by atoms with Crippen molar-refractivity contribution < 1.29 is 21.6 Å². The largest absolute Gasteiger partial charge is 0.416 e. The molecule has 2 aromatic carbocycles. The molecule has 1 N–H and O–H groups in total. The van der Waals surface area contributed by atoms with E-state index in [1.165, 1.54) is 12.1 Å². The maximum atomic E-state index is 12.7. The average Bonchev–Trinajstić information content (AvgIpc) is 2.49. The number of rotatable bonds is 5. The molecule has 0 unspecified atom stereocenters. The molecule has 0 spiro atoms. The molecular formula is C16H15F3INO2S. The molecule has 8 heteroatoms. The van der Waals surface area contributed by atoms with Gasteiger partial charge in [-0.1, -0.05) is 25.5 Å². The molecule has 130 valence electrons. The summed E-state index contributed by atoms with van der Waals surface area (Å²) in [6.07, 6.45) is -2.66. The van der Waals surface area contributed by atoms with E-state index >= 15 is 0 Å². The fourth-order valence-electron chi connectivity index (χ4n) is 2.10. The predicted octanol–water partition coefficient (Wildman–Crippen LogP) is 5.06. The zero-order chi connectivity index (χ0) is 18.0. The maximum Gasteiger partial charge on any atom is 0.416 e. The summed E-state index contributed by atoms with van der Waals surface area (Å²) in [6, 6.07) is 9.32. The van der Waals surface area contributed by atoms with Gasteiger partial charge in [0.1, 0.15) is 0 Å². The van der Waals surface area contributed by atoms with Crippen LogP contribution in [0.5, 0.6) is 0 Å². The standard InChI is InChI=1S/C16H15F3INO2S/c1-2-3-11-4-7-13(8-5-11)24(22,23)21-15-9-6-12(10-14(15)20)16(17,18)19/h4-10,21H,2-3H2,1H3. The number of benzene rings is 2. The van der Waals surface area contributed by atoms with Gasteiger partial charge in [-0.25, -0.2) is 8.42 Å². The molecule has 0 atom stereocenters. The van der Waals surface area contributed by atoms with E-state index in [1.54, 1.807) is 34.7 Å². The average molecular weight is 469 g/mol. The quantitative estimate of drug-likeness (QED) is 0.623. The van der Waals surface area contributed by atoms with Crippen LogP contribution >= 0.6 is 22.6 Å². The van der Waals surface area contributed by atoms with Gasteiger partial charge in [0.05, 0.1) is 16.1 Å². The zero-order valence-corrected chi connectivity index (χ0v) is 15.7. The van der Waals surface area contributed by atoms with E-state index < -0.39 is 21.8 Å². The summed E-state index contributed by atoms with van der Waals surface area (Å²) in [4.78, 5) is 0.0676. The van der Waals surface area contributed by atoms with Crippen molar-refractivity contribution in [2.75, 3.05) is 4.72 Å². The first kappa shape index (κ1) is 19.0. The van der Waals surface area contributed by atoms with Crippen LogP contribution in [0, 0.1) is 3.57 Å². The van der Waals surface area contributed by atoms with Gasteiger partial charge in [-0.2, -0.15) is 13.2 Å². The second-order valence-electron chi connectivity index (χ2n) is 5.19. The molecule has 0 radical (unpaired) electrons. The summed E-state index contributed by atoms with van der Waals surface area (Å²) in [7, 11) is -3.85. The lowest BCUT2D eigenvalue weighted by Crippen LogP contribution is -2.14. The molecule has 0 saturated heterocycles. The molecule has 3 nitrogen and oxygen atoms in total. The van der Waals surface area contributed by atoms with E-state index in [0.717, 1.165) is 36.6 Å². The Morgan fingerprint density at radius 1 is 1.08 bits per heavy atom. The van der Waals surface area contributed by atoms with Gasteiger partial charge in [0.2, 0.25) is 0 Å². The Labute approximate surface area is 152 Å². The number of hydrogen-bond donors (Lipinski definition) is 1. The van der Waals surface area contributed by atoms with Gasteiger partial charge in [0.15, 0.2) is 0 Å². The molecule has 0 bridgehead atoms. The van der Waals surface area contributed by atoms with Crippen molar-refractivity contribution in [3.63, 3.8) is 0 Å². The number of anilines is 1. The number of alkyl halides is 3. The molecular weight excluding hydrogens is 454 g/mol. The smallest absolute Gasteiger partial charge is 0.279 e. The molecule has 0 aliphatic rings. The topological polar surface area (TPSA) is 46.2 Å². The SMILES string of the molecule is CCCc1ccc(S(=O)(=O)Nc2ccc(C(F)(F)F)cc2I)cc1. The highest BCUT2D eigenvalue weighted by atomic mass is 127. The molecule has 0 fully saturated rings. The van der Waals surface area contributed by atoms with Crippen LogP contribution in [0.25, 0.3) is 0 Å². The number of nitrogens with one attached hydrogen (secondary N) is 1. The van der Waals surface area contributed by atoms with Crippen LogP contribution in [0.4, 0.5) is 18.9 Å². The van der Waals surface area contributed by atoms with Crippen LogP contribution in [0.3, 0.4) is 0 Å². The lowest BCUT2D eigenvalue weighted by molar-refractivity contribution is -0.137. The summed E-state index contributed by atoms with van der Waals surface area (Å²) < 4.78 is 65.2. The number of halogens is 4. The van der Waals surface area contributed by atoms with Gasteiger partial charge < -0.3 is 0 Å². The Kier molecular flexibility index (Phi) is 5.79. The first-order chi connectivity index (χ1) is 11.1. The fourth-order valence-corrected chi connectivity index (χ4v) is 4.01. The van der Waals surface area contributed by atoms with Crippen LogP contribution in [0.2, 0.25) is 0 Å². The van der Waals surface area contributed by atoms with Crippen molar-refractivity contribution in [3.05, 3.63) is 57.2 Å². The van der Waals surface area contributed by atoms with E-state index in [9.17, 15) is 21.6 Å². The maximum absolute atomic E-state index is 12.7. The second kappa shape index (κ2) is 7.30. The lowest BCUT2D eigenvalue weighted by Gasteiger charge is -2.13. The van der Waals surface area contributed by atoms with Crippen LogP contribution < -0.4 is 4.72 Å². The van der Waals surface area contributed by atoms with Crippen LogP contribution in [0.15, 0.2) is 47.4 Å². The van der Waals surface area contributed by atoms with Gasteiger partial charge in [-0.05, 0) is 64.9 Å². The van der Waals surface area contributed by atoms with Crippen molar-refractivity contribution in [1.82, 2.24) is 0 Å². The Morgan fingerprint density at radius 2 is 1.71 bits per heavy atom. The van der Waals surface area contributed by atoms with Crippen molar-refractivity contribution in [3.8, 4) is 0 Å². The third kappa shape index (κ3) is 4.62. The van der Waals surface area contributed by atoms with Gasteiger partial charge in [-0.3, -0.25) is 4.72 Å². The van der Waals surface area contributed by atoms with Gasteiger partial charge in [0.25, 0.3) is 10.0 Å². The molecule has 0 aromatic heterocycles. The summed E-state index contributed by atoms with van der Waals surface area (Å²) in [5.74, 6) is 0. The molecule has 0 amide bonds. The summed E-state index contributed by atoms with van der Waals surface area (Å²) >= 11 is 1.67. The Bertz CT molecular complexity index is 818. The third-order valence-corrected chi connectivity index (χ3v) is 5.59. The normalized spacial score (nSPS) is 12.2. The minimum atomic E-state index is -4.47. The fraction of sp³-hybridized carbons (Fsp3) is 0.250. The van der Waals surface area contributed by atoms with E-state index in [4.69, 9.17) is 0 Å². The predicted molar refractivity (Wildman–Crippen MR) is 95.4 cm³/mol. The molecule has 0 aliphatic carbocycles. The molecule has 0 saturated carbocycles. The van der Waals surface area contributed by atoms with Crippen molar-refractivity contribution in [1.29, 1.82) is 0 Å². The molecule has 2 rings (SSSR count). The van der Waals surface area contributed by atoms with Crippen LogP contribution in [-0.4, -0.2) is 8.42 Å². The van der Waals surface area contributed by atoms with E-state index in [0.29, 0.717) is 0 Å². The molecule has 2 aromatic rings. The first-order valence-electron chi connectivity index (χ1n) is 7.12. The van der Waals surface area contributed by atoms with Crippen molar-refractivity contribution in [2.45, 2.75) is 30.8 Å². The van der Waals surface area contributed by atoms with Gasteiger partial charge >= 0.3 is 6.18 Å². The molecule has 24 heavy (non-hydrogen) atoms. The Hall–Kier alpha value is -1.29. The number of hydrogen-bond acceptors (Lipinski definition) is 2. The summed E-state index contributed by atoms with van der Waals surface area (Å²) in [6.45, 7) is 2.03. The minimum Gasteiger partial charge on any atom is -0.279 e. The summed E-state index contributed by atoms with van der Waals surface area (Å²) in [5.41, 5.74) is 0.320. The van der Waals surface area contributed by atoms with E-state index in [1.807, 2.05) is 6.92 Å². The number of aryl methyl sites for hydroxylation is 1. The zero-order valence-electron chi connectivity index (χ0n) is 12.7. The molecule has 0 heterocycles. The van der Waals surface area contributed by atoms with Crippen molar-refractivity contribution in [2.24, 2.45) is 0 Å². The Morgan fingerprint density at radius 3 is 2.21 bits per heavy atom. The molecule has 0 aliphatic heterocycles. The lowest BCUT2D eigenvalue weighted by atomic mass is 10.1. The first-order valence-corrected chi connectivity index (χ1v) is 9.68. The highest BCUT2D eigenvalue weighted by Gasteiger charge is 2.31. The summed E-state index contributed by atoms with van der Waals surface area (Å²) in [5, 5.41) is 0. The number of sulfonamides is 1. The van der Waals surface area contributed by atoms with Crippen LogP contribution in [-0.2, 0) is 22.6 Å². The van der Waals surface area contributed by atoms with E-state index in [-0.39, 0.29) is 14.2 Å². The second-order valence-corrected chi connectivity index (χ2v) is 8.04. The van der Waals surface area contributed by atoms with Crippen molar-refractivity contribution >= 4 is 38.3 Å². The third-order valence-electron chi connectivity index (χ3n) is 3.31. The van der Waals surface area contributed by atoms with Gasteiger partial charge in [0, 0.05) is 3.57 Å². The highest BCUT2D eigenvalue weighted by Crippen LogP contribution is 2.33.